The molecule has 5 heteroatoms. The van der Waals surface area contributed by atoms with Crippen molar-refractivity contribution in [2.75, 3.05) is 0 Å². The summed E-state index contributed by atoms with van der Waals surface area (Å²) in [5, 5.41) is 0. The number of para-hydroxylation sites is 4. The maximum atomic E-state index is 5.32. The molecule has 0 saturated heterocycles. The van der Waals surface area contributed by atoms with Gasteiger partial charge in [0.15, 0.2) is 0 Å². The monoisotopic (exact) mass is 731 g/mol. The van der Waals surface area contributed by atoms with Crippen LogP contribution in [-0.2, 0) is 17.7 Å². The molecule has 0 radical (unpaired) electrons. The van der Waals surface area contributed by atoms with E-state index in [1.807, 2.05) is 0 Å². The number of benzene rings is 6. The number of fused-ring (bicyclic) bond motifs is 2. The van der Waals surface area contributed by atoms with Crippen LogP contribution in [0.2, 0.25) is 0 Å². The number of imidazole rings is 2. The summed E-state index contributed by atoms with van der Waals surface area (Å²) in [7, 11) is 0. The van der Waals surface area contributed by atoms with E-state index in [4.69, 9.17) is 9.97 Å². The number of aromatic nitrogens is 4. The van der Waals surface area contributed by atoms with Crippen LogP contribution in [0.3, 0.4) is 0 Å². The summed E-state index contributed by atoms with van der Waals surface area (Å²) in [6.07, 6.45) is 0. The van der Waals surface area contributed by atoms with E-state index in [9.17, 15) is 0 Å². The topological polar surface area (TPSA) is 35.6 Å². The Hall–Kier alpha value is -5.09. The Bertz CT molecular complexity index is 2030. The van der Waals surface area contributed by atoms with Crippen LogP contribution in [0.4, 0.5) is 0 Å². The fourth-order valence-corrected chi connectivity index (χ4v) is 8.58. The van der Waals surface area contributed by atoms with Gasteiger partial charge in [0.05, 0.1) is 0 Å². The third kappa shape index (κ3) is 4.60. The Morgan fingerprint density at radius 2 is 0.744 bits per heavy atom. The molecule has 2 heterocycles. The van der Waals surface area contributed by atoms with Gasteiger partial charge in [0.1, 0.15) is 0 Å². The summed E-state index contributed by atoms with van der Waals surface area (Å²) in [5.41, 5.74) is 8.79. The van der Waals surface area contributed by atoms with Crippen molar-refractivity contribution >= 4 is 30.2 Å². The molecule has 0 aliphatic heterocycles. The second-order valence-corrected chi connectivity index (χ2v) is 13.4. The third-order valence-corrected chi connectivity index (χ3v) is 10.7. The van der Waals surface area contributed by atoms with Crippen molar-refractivity contribution in [3.63, 3.8) is 0 Å². The SMILES string of the molecule is c1ccc(-c2nc3[c]([Ir][c]4cccc5c4nc(-c4ccccc4)n5-c4ccccc4)cccc3n2-c2ccccc2)cc1. The molecule has 0 amide bonds. The van der Waals surface area contributed by atoms with Gasteiger partial charge in [0.2, 0.25) is 0 Å². The molecule has 2 aromatic heterocycles. The fourth-order valence-electron chi connectivity index (χ4n) is 5.57. The van der Waals surface area contributed by atoms with E-state index in [1.165, 1.54) is 8.15 Å². The molecule has 0 bridgehead atoms. The zero-order valence-electron chi connectivity index (χ0n) is 23.1. The van der Waals surface area contributed by atoms with E-state index in [2.05, 4.69) is 167 Å². The van der Waals surface area contributed by atoms with Gasteiger partial charge < -0.3 is 0 Å². The van der Waals surface area contributed by atoms with E-state index in [0.29, 0.717) is 0 Å². The Morgan fingerprint density at radius 1 is 0.372 bits per heavy atom. The number of nitrogens with zero attached hydrogens (tertiary/aromatic N) is 4. The molecule has 43 heavy (non-hydrogen) atoms. The van der Waals surface area contributed by atoms with Crippen LogP contribution in [0.25, 0.3) is 56.2 Å². The normalized spacial score (nSPS) is 11.4. The zero-order chi connectivity index (χ0) is 28.6. The van der Waals surface area contributed by atoms with Gasteiger partial charge in [-0.15, -0.1) is 0 Å². The molecule has 0 spiro atoms. The molecule has 8 rings (SSSR count). The Balaban J connectivity index is 1.32. The van der Waals surface area contributed by atoms with Crippen LogP contribution in [0, 0.1) is 0 Å². The Morgan fingerprint density at radius 3 is 1.14 bits per heavy atom. The molecule has 0 aliphatic carbocycles. The summed E-state index contributed by atoms with van der Waals surface area (Å²) >= 11 is -0.787. The predicted octanol–water partition coefficient (Wildman–Crippen LogP) is 7.73. The predicted molar refractivity (Wildman–Crippen MR) is 172 cm³/mol. The Kier molecular flexibility index (Phi) is 6.52. The fraction of sp³-hybridized carbons (Fsp3) is 0. The maximum absolute atomic E-state index is 5.32. The molecule has 0 aliphatic rings. The van der Waals surface area contributed by atoms with E-state index in [0.717, 1.165) is 56.2 Å². The van der Waals surface area contributed by atoms with Gasteiger partial charge in [-0.2, -0.15) is 0 Å². The Labute approximate surface area is 257 Å². The number of hydrogen-bond acceptors (Lipinski definition) is 2. The molecule has 0 saturated carbocycles. The quantitative estimate of drug-likeness (QED) is 0.176. The first-order chi connectivity index (χ1) is 21.3. The van der Waals surface area contributed by atoms with Gasteiger partial charge in [-0.1, -0.05) is 0 Å². The number of hydrogen-bond donors (Lipinski definition) is 0. The number of rotatable bonds is 6. The van der Waals surface area contributed by atoms with Crippen LogP contribution < -0.4 is 8.15 Å². The average Bonchev–Trinajstić information content (AvgIpc) is 3.67. The summed E-state index contributed by atoms with van der Waals surface area (Å²) < 4.78 is 7.18. The zero-order valence-corrected chi connectivity index (χ0v) is 25.5. The van der Waals surface area contributed by atoms with Gasteiger partial charge in [-0.3, -0.25) is 0 Å². The molecular weight excluding hydrogens is 705 g/mol. The van der Waals surface area contributed by atoms with Crippen molar-refractivity contribution in [1.82, 2.24) is 19.1 Å². The molecule has 8 aromatic rings. The molecule has 0 fully saturated rings. The van der Waals surface area contributed by atoms with Crippen LogP contribution in [0.1, 0.15) is 0 Å². The van der Waals surface area contributed by atoms with Crippen molar-refractivity contribution in [1.29, 1.82) is 0 Å². The molecular formula is C38H26IrN4. The van der Waals surface area contributed by atoms with Crippen molar-refractivity contribution in [3.8, 4) is 34.2 Å². The molecule has 0 N–H and O–H groups in total. The van der Waals surface area contributed by atoms with Gasteiger partial charge >= 0.3 is 259 Å². The van der Waals surface area contributed by atoms with E-state index in [1.54, 1.807) is 0 Å². The van der Waals surface area contributed by atoms with Gasteiger partial charge in [-0.25, -0.2) is 0 Å². The first kappa shape index (κ1) is 25.6. The first-order valence-corrected chi connectivity index (χ1v) is 16.6. The van der Waals surface area contributed by atoms with Crippen LogP contribution >= 0.6 is 0 Å². The molecule has 4 nitrogen and oxygen atoms in total. The van der Waals surface area contributed by atoms with Crippen molar-refractivity contribution < 1.29 is 17.7 Å². The summed E-state index contributed by atoms with van der Waals surface area (Å²) in [5.74, 6) is 1.91. The van der Waals surface area contributed by atoms with E-state index >= 15 is 0 Å². The van der Waals surface area contributed by atoms with E-state index in [-0.39, 0.29) is 0 Å². The van der Waals surface area contributed by atoms with Crippen LogP contribution in [-0.4, -0.2) is 19.1 Å². The second kappa shape index (κ2) is 11.0. The average molecular weight is 731 g/mol. The minimum atomic E-state index is -0.787. The molecule has 0 atom stereocenters. The third-order valence-electron chi connectivity index (χ3n) is 7.51. The van der Waals surface area contributed by atoms with Crippen molar-refractivity contribution in [3.05, 3.63) is 158 Å². The summed E-state index contributed by atoms with van der Waals surface area (Å²) in [6, 6.07) is 55.3. The van der Waals surface area contributed by atoms with Crippen molar-refractivity contribution in [2.24, 2.45) is 0 Å². The van der Waals surface area contributed by atoms with Crippen LogP contribution in [0.5, 0.6) is 0 Å². The minimum absolute atomic E-state index is 0.787. The molecule has 0 unspecified atom stereocenters. The summed E-state index contributed by atoms with van der Waals surface area (Å²) in [4.78, 5) is 10.6. The molecule has 6 aromatic carbocycles. The van der Waals surface area contributed by atoms with Gasteiger partial charge in [0.25, 0.3) is 0 Å². The van der Waals surface area contributed by atoms with Gasteiger partial charge in [-0.05, 0) is 0 Å². The first-order valence-electron chi connectivity index (χ1n) is 14.2. The van der Waals surface area contributed by atoms with Crippen molar-refractivity contribution in [2.45, 2.75) is 0 Å². The second-order valence-electron chi connectivity index (χ2n) is 10.2. The molecule has 207 valence electrons. The standard InChI is InChI=1S/2C19H13N2.Ir/c2*1-3-9-15(10-4-1)19-20-17-13-7-8-14-18(17)21(19)16-11-5-2-6-12-16;/h2*1-12,14H;. The van der Waals surface area contributed by atoms with E-state index < -0.39 is 17.7 Å². The summed E-state index contributed by atoms with van der Waals surface area (Å²) in [6.45, 7) is 0. The van der Waals surface area contributed by atoms with Gasteiger partial charge in [0, 0.05) is 0 Å². The van der Waals surface area contributed by atoms with Crippen LogP contribution in [0.15, 0.2) is 158 Å².